The Morgan fingerprint density at radius 3 is 1.28 bits per heavy atom. The van der Waals surface area contributed by atoms with Gasteiger partial charge in [-0.25, -0.2) is 0 Å². The molecular formula is C58H39NO. The Morgan fingerprint density at radius 2 is 0.683 bits per heavy atom. The number of anilines is 3. The highest BCUT2D eigenvalue weighted by molar-refractivity contribution is 6.12. The van der Waals surface area contributed by atoms with E-state index in [9.17, 15) is 0 Å². The molecule has 0 aliphatic carbocycles. The lowest BCUT2D eigenvalue weighted by Crippen LogP contribution is -2.09. The molecule has 0 saturated heterocycles. The van der Waals surface area contributed by atoms with Gasteiger partial charge in [0.15, 0.2) is 0 Å². The van der Waals surface area contributed by atoms with E-state index in [1.54, 1.807) is 0 Å². The largest absolute Gasteiger partial charge is 0.456 e. The van der Waals surface area contributed by atoms with Gasteiger partial charge in [0, 0.05) is 27.8 Å². The fourth-order valence-electron chi connectivity index (χ4n) is 8.71. The molecule has 0 aliphatic heterocycles. The number of para-hydroxylation sites is 1. The summed E-state index contributed by atoms with van der Waals surface area (Å²) < 4.78 is 6.25. The topological polar surface area (TPSA) is 16.4 Å². The standard InChI is InChI=1S/C58H39NO/c1-3-13-40(14-4-1)46-37-47(41-15-5-2-6-16-41)39-48(38-46)42-25-31-49(32-26-42)59(50-33-27-44(28-34-50)53-21-11-18-43-17-7-8-19-52(43)53)51-35-29-45(30-36-51)54-22-12-24-57-58(54)55-20-9-10-23-56(55)60-57/h1-39H. The number of benzene rings is 10. The smallest absolute Gasteiger partial charge is 0.136 e. The van der Waals surface area contributed by atoms with Gasteiger partial charge in [0.1, 0.15) is 11.2 Å². The Morgan fingerprint density at radius 1 is 0.267 bits per heavy atom. The van der Waals surface area contributed by atoms with Crippen LogP contribution in [0.4, 0.5) is 17.1 Å². The highest BCUT2D eigenvalue weighted by Gasteiger charge is 2.17. The molecule has 10 aromatic carbocycles. The summed E-state index contributed by atoms with van der Waals surface area (Å²) in [6.45, 7) is 0. The zero-order valence-corrected chi connectivity index (χ0v) is 32.9. The third-order valence-electron chi connectivity index (χ3n) is 11.7. The molecule has 0 aliphatic rings. The zero-order valence-electron chi connectivity index (χ0n) is 32.9. The number of nitrogens with zero attached hydrogens (tertiary/aromatic N) is 1. The fourth-order valence-corrected chi connectivity index (χ4v) is 8.71. The molecule has 0 unspecified atom stereocenters. The van der Waals surface area contributed by atoms with E-state index in [0.717, 1.165) is 55.7 Å². The van der Waals surface area contributed by atoms with E-state index in [1.165, 1.54) is 49.7 Å². The Labute approximate surface area is 349 Å². The lowest BCUT2D eigenvalue weighted by Gasteiger charge is -2.26. The average Bonchev–Trinajstić information content (AvgIpc) is 3.72. The van der Waals surface area contributed by atoms with E-state index in [-0.39, 0.29) is 0 Å². The van der Waals surface area contributed by atoms with Crippen molar-refractivity contribution in [3.8, 4) is 55.6 Å². The lowest BCUT2D eigenvalue weighted by atomic mass is 9.93. The van der Waals surface area contributed by atoms with E-state index in [0.29, 0.717) is 0 Å². The summed E-state index contributed by atoms with van der Waals surface area (Å²) in [5, 5.41) is 4.77. The minimum atomic E-state index is 0.899. The molecular weight excluding hydrogens is 727 g/mol. The molecule has 0 radical (unpaired) electrons. The van der Waals surface area contributed by atoms with Crippen LogP contribution in [-0.4, -0.2) is 0 Å². The molecule has 2 heteroatoms. The maximum absolute atomic E-state index is 6.25. The number of furan rings is 1. The summed E-state index contributed by atoms with van der Waals surface area (Å²) in [5.41, 5.74) is 16.9. The quantitative estimate of drug-likeness (QED) is 0.153. The van der Waals surface area contributed by atoms with Crippen LogP contribution < -0.4 is 4.90 Å². The van der Waals surface area contributed by atoms with E-state index >= 15 is 0 Å². The Kier molecular flexibility index (Phi) is 8.87. The zero-order chi connectivity index (χ0) is 39.8. The molecule has 0 saturated carbocycles. The number of hydrogen-bond donors (Lipinski definition) is 0. The Balaban J connectivity index is 1.00. The van der Waals surface area contributed by atoms with Gasteiger partial charge in [-0.3, -0.25) is 0 Å². The van der Waals surface area contributed by atoms with E-state index < -0.39 is 0 Å². The summed E-state index contributed by atoms with van der Waals surface area (Å²) in [4.78, 5) is 2.35. The van der Waals surface area contributed by atoms with Crippen molar-refractivity contribution in [1.82, 2.24) is 0 Å². The Hall–Kier alpha value is -7.94. The van der Waals surface area contributed by atoms with Crippen LogP contribution in [0.15, 0.2) is 241 Å². The summed E-state index contributed by atoms with van der Waals surface area (Å²) in [6, 6.07) is 84.9. The minimum Gasteiger partial charge on any atom is -0.456 e. The number of hydrogen-bond acceptors (Lipinski definition) is 2. The lowest BCUT2D eigenvalue weighted by molar-refractivity contribution is 0.669. The van der Waals surface area contributed by atoms with Crippen LogP contribution in [0.3, 0.4) is 0 Å². The first-order valence-corrected chi connectivity index (χ1v) is 20.5. The summed E-state index contributed by atoms with van der Waals surface area (Å²) in [7, 11) is 0. The molecule has 0 N–H and O–H groups in total. The van der Waals surface area contributed by atoms with E-state index in [2.05, 4.69) is 229 Å². The summed E-state index contributed by atoms with van der Waals surface area (Å²) >= 11 is 0. The maximum atomic E-state index is 6.25. The second-order valence-electron chi connectivity index (χ2n) is 15.3. The van der Waals surface area contributed by atoms with Gasteiger partial charge in [0.2, 0.25) is 0 Å². The highest BCUT2D eigenvalue weighted by atomic mass is 16.3. The molecule has 282 valence electrons. The summed E-state index contributed by atoms with van der Waals surface area (Å²) in [6.07, 6.45) is 0. The normalized spacial score (nSPS) is 11.3. The predicted octanol–water partition coefficient (Wildman–Crippen LogP) is 16.5. The van der Waals surface area contributed by atoms with Gasteiger partial charge in [0.05, 0.1) is 0 Å². The second kappa shape index (κ2) is 15.1. The second-order valence-corrected chi connectivity index (χ2v) is 15.3. The van der Waals surface area contributed by atoms with Crippen molar-refractivity contribution in [2.24, 2.45) is 0 Å². The molecule has 11 aromatic rings. The van der Waals surface area contributed by atoms with Crippen LogP contribution in [0.5, 0.6) is 0 Å². The molecule has 60 heavy (non-hydrogen) atoms. The average molecular weight is 766 g/mol. The van der Waals surface area contributed by atoms with Crippen molar-refractivity contribution < 1.29 is 4.42 Å². The molecule has 0 spiro atoms. The number of fused-ring (bicyclic) bond motifs is 4. The van der Waals surface area contributed by atoms with Crippen LogP contribution in [0, 0.1) is 0 Å². The van der Waals surface area contributed by atoms with Crippen molar-refractivity contribution in [2.75, 3.05) is 4.90 Å². The van der Waals surface area contributed by atoms with Gasteiger partial charge in [-0.2, -0.15) is 0 Å². The first-order valence-electron chi connectivity index (χ1n) is 20.5. The third-order valence-corrected chi connectivity index (χ3v) is 11.7. The van der Waals surface area contributed by atoms with E-state index in [4.69, 9.17) is 4.42 Å². The van der Waals surface area contributed by atoms with Gasteiger partial charge in [0.25, 0.3) is 0 Å². The van der Waals surface area contributed by atoms with Crippen LogP contribution in [-0.2, 0) is 0 Å². The first-order chi connectivity index (χ1) is 29.7. The van der Waals surface area contributed by atoms with Gasteiger partial charge < -0.3 is 9.32 Å². The fraction of sp³-hybridized carbons (Fsp3) is 0. The maximum Gasteiger partial charge on any atom is 0.136 e. The van der Waals surface area contributed by atoms with Crippen LogP contribution >= 0.6 is 0 Å². The van der Waals surface area contributed by atoms with Gasteiger partial charge in [-0.1, -0.05) is 170 Å². The molecule has 0 bridgehead atoms. The van der Waals surface area contributed by atoms with Gasteiger partial charge in [-0.05, 0) is 133 Å². The summed E-state index contributed by atoms with van der Waals surface area (Å²) in [5.74, 6) is 0. The first kappa shape index (κ1) is 35.2. The molecule has 0 fully saturated rings. The van der Waals surface area contributed by atoms with Crippen molar-refractivity contribution in [3.05, 3.63) is 237 Å². The van der Waals surface area contributed by atoms with Crippen LogP contribution in [0.2, 0.25) is 0 Å². The van der Waals surface area contributed by atoms with Crippen LogP contribution in [0.1, 0.15) is 0 Å². The molecule has 11 rings (SSSR count). The van der Waals surface area contributed by atoms with Crippen molar-refractivity contribution in [1.29, 1.82) is 0 Å². The van der Waals surface area contributed by atoms with Crippen molar-refractivity contribution in [3.63, 3.8) is 0 Å². The van der Waals surface area contributed by atoms with E-state index in [1.807, 2.05) is 12.1 Å². The van der Waals surface area contributed by atoms with Gasteiger partial charge >= 0.3 is 0 Å². The van der Waals surface area contributed by atoms with Crippen molar-refractivity contribution in [2.45, 2.75) is 0 Å². The highest BCUT2D eigenvalue weighted by Crippen LogP contribution is 2.41. The molecule has 2 nitrogen and oxygen atoms in total. The number of rotatable bonds is 8. The van der Waals surface area contributed by atoms with Gasteiger partial charge in [-0.15, -0.1) is 0 Å². The SMILES string of the molecule is c1ccc(-c2cc(-c3ccccc3)cc(-c3ccc(N(c4ccc(-c5cccc6ccccc56)cc4)c4ccc(-c5cccc6oc7ccccc7c56)cc4)cc3)c2)cc1. The Bertz CT molecular complexity index is 3210. The monoisotopic (exact) mass is 765 g/mol. The third kappa shape index (κ3) is 6.51. The minimum absolute atomic E-state index is 0.899. The van der Waals surface area contributed by atoms with Crippen molar-refractivity contribution >= 4 is 49.8 Å². The molecule has 1 aromatic heterocycles. The predicted molar refractivity (Wildman–Crippen MR) is 253 cm³/mol. The molecule has 0 amide bonds. The van der Waals surface area contributed by atoms with Crippen LogP contribution in [0.25, 0.3) is 88.3 Å². The molecule has 1 heterocycles. The molecule has 0 atom stereocenters.